The van der Waals surface area contributed by atoms with E-state index in [0.717, 1.165) is 25.2 Å². The summed E-state index contributed by atoms with van der Waals surface area (Å²) in [6.07, 6.45) is 3.86. The second-order valence-electron chi connectivity index (χ2n) is 6.09. The van der Waals surface area contributed by atoms with Crippen molar-refractivity contribution in [2.45, 2.75) is 32.2 Å². The number of ether oxygens (including phenoxy) is 1. The third-order valence-corrected chi connectivity index (χ3v) is 4.33. The molecule has 1 aromatic carbocycles. The van der Waals surface area contributed by atoms with Gasteiger partial charge in [0.05, 0.1) is 6.61 Å². The first kappa shape index (κ1) is 15.7. The molecule has 1 amide bonds. The molecule has 0 bridgehead atoms. The van der Waals surface area contributed by atoms with Gasteiger partial charge in [0, 0.05) is 38.7 Å². The number of nitrogens with zero attached hydrogens (tertiary/aromatic N) is 2. The van der Waals surface area contributed by atoms with Gasteiger partial charge in [0.25, 0.3) is 5.91 Å². The van der Waals surface area contributed by atoms with Crippen molar-refractivity contribution >= 4 is 5.91 Å². The third kappa shape index (κ3) is 3.62. The molecule has 122 valence electrons. The molecule has 5 nitrogen and oxygen atoms in total. The zero-order valence-electron chi connectivity index (χ0n) is 13.7. The van der Waals surface area contributed by atoms with Gasteiger partial charge in [0.1, 0.15) is 11.5 Å². The van der Waals surface area contributed by atoms with Gasteiger partial charge >= 0.3 is 0 Å². The van der Waals surface area contributed by atoms with Crippen LogP contribution >= 0.6 is 0 Å². The van der Waals surface area contributed by atoms with Crippen molar-refractivity contribution in [2.75, 3.05) is 20.3 Å². The summed E-state index contributed by atoms with van der Waals surface area (Å²) >= 11 is 0. The fraction of sp³-hybridized carbons (Fsp3) is 0.444. The minimum Gasteiger partial charge on any atom is -0.383 e. The smallest absolute Gasteiger partial charge is 0.271 e. The van der Waals surface area contributed by atoms with Crippen LogP contribution in [0, 0.1) is 6.92 Å². The van der Waals surface area contributed by atoms with Crippen LogP contribution in [0.3, 0.4) is 0 Å². The standard InChI is InChI=1S/C18H23N3O2/c1-13-4-3-5-14(10-13)15-6-7-17-20-16(12-21(17)11-15)18(22)19-8-9-23-2/h3-5,10,12,15H,6-9,11H2,1-2H3,(H,19,22). The van der Waals surface area contributed by atoms with Crippen molar-refractivity contribution in [1.82, 2.24) is 14.9 Å². The largest absolute Gasteiger partial charge is 0.383 e. The van der Waals surface area contributed by atoms with Crippen molar-refractivity contribution in [1.29, 1.82) is 0 Å². The molecule has 1 aliphatic rings. The number of carbonyl (C=O) groups excluding carboxylic acids is 1. The molecule has 0 spiro atoms. The summed E-state index contributed by atoms with van der Waals surface area (Å²) in [5.74, 6) is 1.36. The number of methoxy groups -OCH3 is 1. The Labute approximate surface area is 136 Å². The van der Waals surface area contributed by atoms with Gasteiger partial charge in [-0.05, 0) is 18.9 Å². The van der Waals surface area contributed by atoms with Gasteiger partial charge in [0.15, 0.2) is 0 Å². The maximum atomic E-state index is 12.1. The molecule has 2 aromatic rings. The lowest BCUT2D eigenvalue weighted by molar-refractivity contribution is 0.0932. The molecule has 1 atom stereocenters. The molecule has 2 heterocycles. The second kappa shape index (κ2) is 6.96. The van der Waals surface area contributed by atoms with E-state index in [0.29, 0.717) is 24.8 Å². The van der Waals surface area contributed by atoms with Crippen molar-refractivity contribution in [3.63, 3.8) is 0 Å². The number of nitrogens with one attached hydrogen (secondary N) is 1. The van der Waals surface area contributed by atoms with Gasteiger partial charge in [-0.2, -0.15) is 0 Å². The van der Waals surface area contributed by atoms with E-state index < -0.39 is 0 Å². The summed E-state index contributed by atoms with van der Waals surface area (Å²) in [6, 6.07) is 8.68. The summed E-state index contributed by atoms with van der Waals surface area (Å²) in [5.41, 5.74) is 3.16. The van der Waals surface area contributed by atoms with E-state index in [1.807, 2.05) is 6.20 Å². The normalized spacial score (nSPS) is 16.9. The first-order chi connectivity index (χ1) is 11.2. The Hall–Kier alpha value is -2.14. The summed E-state index contributed by atoms with van der Waals surface area (Å²) in [5, 5.41) is 2.82. The number of amides is 1. The molecule has 1 aromatic heterocycles. The van der Waals surface area contributed by atoms with E-state index in [9.17, 15) is 4.79 Å². The maximum absolute atomic E-state index is 12.1. The van der Waals surface area contributed by atoms with Crippen LogP contribution in [-0.4, -0.2) is 35.7 Å². The average Bonchev–Trinajstić information content (AvgIpc) is 2.98. The van der Waals surface area contributed by atoms with E-state index in [1.165, 1.54) is 11.1 Å². The minimum absolute atomic E-state index is 0.129. The quantitative estimate of drug-likeness (QED) is 0.862. The molecule has 0 fully saturated rings. The molecule has 0 saturated carbocycles. The monoisotopic (exact) mass is 313 g/mol. The Bertz CT molecular complexity index is 693. The Balaban J connectivity index is 1.70. The van der Waals surface area contributed by atoms with Crippen LogP contribution in [0.2, 0.25) is 0 Å². The van der Waals surface area contributed by atoms with Crippen molar-refractivity contribution in [3.8, 4) is 0 Å². The second-order valence-corrected chi connectivity index (χ2v) is 6.09. The number of benzene rings is 1. The lowest BCUT2D eigenvalue weighted by atomic mass is 9.91. The highest BCUT2D eigenvalue weighted by Crippen LogP contribution is 2.29. The van der Waals surface area contributed by atoms with Crippen LogP contribution in [0.4, 0.5) is 0 Å². The number of hydrogen-bond acceptors (Lipinski definition) is 3. The predicted octanol–water partition coefficient (Wildman–Crippen LogP) is 2.30. The highest BCUT2D eigenvalue weighted by atomic mass is 16.5. The lowest BCUT2D eigenvalue weighted by Crippen LogP contribution is -2.27. The first-order valence-corrected chi connectivity index (χ1v) is 8.07. The third-order valence-electron chi connectivity index (χ3n) is 4.33. The van der Waals surface area contributed by atoms with Crippen molar-refractivity contribution in [2.24, 2.45) is 0 Å². The van der Waals surface area contributed by atoms with E-state index in [-0.39, 0.29) is 5.91 Å². The zero-order valence-corrected chi connectivity index (χ0v) is 13.7. The molecule has 3 rings (SSSR count). The number of fused-ring (bicyclic) bond motifs is 1. The topological polar surface area (TPSA) is 56.1 Å². The number of aryl methyl sites for hydroxylation is 2. The highest BCUT2D eigenvalue weighted by Gasteiger charge is 2.23. The Kier molecular flexibility index (Phi) is 4.76. The van der Waals surface area contributed by atoms with Crippen LogP contribution in [0.15, 0.2) is 30.5 Å². The molecular weight excluding hydrogens is 290 g/mol. The number of hydrogen-bond donors (Lipinski definition) is 1. The van der Waals surface area contributed by atoms with Crippen LogP contribution in [0.5, 0.6) is 0 Å². The molecule has 1 unspecified atom stereocenters. The Morgan fingerprint density at radius 2 is 2.35 bits per heavy atom. The van der Waals surface area contributed by atoms with Crippen molar-refractivity contribution < 1.29 is 9.53 Å². The van der Waals surface area contributed by atoms with Crippen molar-refractivity contribution in [3.05, 3.63) is 53.1 Å². The van der Waals surface area contributed by atoms with Crippen LogP contribution in [0.25, 0.3) is 0 Å². The Morgan fingerprint density at radius 3 is 3.13 bits per heavy atom. The molecule has 1 aliphatic heterocycles. The summed E-state index contributed by atoms with van der Waals surface area (Å²) in [7, 11) is 1.62. The first-order valence-electron chi connectivity index (χ1n) is 8.07. The van der Waals surface area contributed by atoms with E-state index >= 15 is 0 Å². The number of rotatable bonds is 5. The average molecular weight is 313 g/mol. The summed E-state index contributed by atoms with van der Waals surface area (Å²) in [6.45, 7) is 4.02. The van der Waals surface area contributed by atoms with E-state index in [2.05, 4.69) is 46.1 Å². The van der Waals surface area contributed by atoms with Gasteiger partial charge in [-0.1, -0.05) is 29.8 Å². The predicted molar refractivity (Wildman–Crippen MR) is 88.7 cm³/mol. The molecule has 0 saturated heterocycles. The van der Waals surface area contributed by atoms with Crippen LogP contribution in [0.1, 0.15) is 39.8 Å². The SMILES string of the molecule is COCCNC(=O)c1cn2c(n1)CCC(c1cccc(C)c1)C2. The highest BCUT2D eigenvalue weighted by molar-refractivity contribution is 5.92. The molecule has 0 aliphatic carbocycles. The molecule has 5 heteroatoms. The minimum atomic E-state index is -0.129. The van der Waals surface area contributed by atoms with E-state index in [4.69, 9.17) is 4.74 Å². The molecular formula is C18H23N3O2. The maximum Gasteiger partial charge on any atom is 0.271 e. The zero-order chi connectivity index (χ0) is 16.2. The fourth-order valence-electron chi connectivity index (χ4n) is 3.11. The molecule has 0 radical (unpaired) electrons. The molecule has 23 heavy (non-hydrogen) atoms. The van der Waals surface area contributed by atoms with Gasteiger partial charge in [-0.3, -0.25) is 4.79 Å². The lowest BCUT2D eigenvalue weighted by Gasteiger charge is -2.24. The number of imidazole rings is 1. The van der Waals surface area contributed by atoms with Gasteiger partial charge < -0.3 is 14.6 Å². The van der Waals surface area contributed by atoms with Gasteiger partial charge in [-0.15, -0.1) is 0 Å². The molecule has 1 N–H and O–H groups in total. The number of aromatic nitrogens is 2. The van der Waals surface area contributed by atoms with Crippen LogP contribution in [-0.2, 0) is 17.7 Å². The fourth-order valence-corrected chi connectivity index (χ4v) is 3.11. The summed E-state index contributed by atoms with van der Waals surface area (Å²) < 4.78 is 7.07. The van der Waals surface area contributed by atoms with Crippen LogP contribution < -0.4 is 5.32 Å². The van der Waals surface area contributed by atoms with E-state index in [1.54, 1.807) is 7.11 Å². The summed E-state index contributed by atoms with van der Waals surface area (Å²) in [4.78, 5) is 16.6. The number of carbonyl (C=O) groups is 1. The Morgan fingerprint density at radius 1 is 1.48 bits per heavy atom. The van der Waals surface area contributed by atoms with Gasteiger partial charge in [-0.25, -0.2) is 4.98 Å². The van der Waals surface area contributed by atoms with Gasteiger partial charge in [0.2, 0.25) is 0 Å².